The second kappa shape index (κ2) is 8.84. The number of ether oxygens (including phenoxy) is 1. The molecule has 0 spiro atoms. The van der Waals surface area contributed by atoms with Crippen LogP contribution in [0.5, 0.6) is 0 Å². The predicted octanol–water partition coefficient (Wildman–Crippen LogP) is 0.489. The molecule has 0 saturated carbocycles. The smallest absolute Gasteiger partial charge is 0.341 e. The van der Waals surface area contributed by atoms with Gasteiger partial charge in [0.2, 0.25) is 5.91 Å². The number of carbonyl (C=O) groups is 3. The number of anilines is 1. The summed E-state index contributed by atoms with van der Waals surface area (Å²) in [4.78, 5) is 40.5. The Hall–Kier alpha value is -1.93. The Balaban J connectivity index is 1.67. The molecule has 2 N–H and O–H groups in total. The quantitative estimate of drug-likeness (QED) is 0.575. The van der Waals surface area contributed by atoms with E-state index in [9.17, 15) is 14.4 Å². The SMILES string of the molecule is COC(=O)c1c(NC(=O)C[NH+]2CCN(C(C)=O)CC2)sc2c1CCCCC2. The van der Waals surface area contributed by atoms with Crippen molar-refractivity contribution < 1.29 is 24.0 Å². The normalized spacial score (nSPS) is 17.8. The fraction of sp³-hybridized carbons (Fsp3) is 0.632. The number of nitrogens with one attached hydrogen (secondary N) is 2. The lowest BCUT2D eigenvalue weighted by atomic mass is 10.1. The zero-order chi connectivity index (χ0) is 19.4. The van der Waals surface area contributed by atoms with Gasteiger partial charge in [-0.15, -0.1) is 11.3 Å². The highest BCUT2D eigenvalue weighted by molar-refractivity contribution is 7.17. The molecule has 1 aliphatic heterocycles. The number of thiophene rings is 1. The maximum atomic E-state index is 12.6. The van der Waals surface area contributed by atoms with Gasteiger partial charge in [-0.1, -0.05) is 6.42 Å². The Bertz CT molecular complexity index is 723. The molecule has 1 aliphatic carbocycles. The number of hydrogen-bond donors (Lipinski definition) is 2. The van der Waals surface area contributed by atoms with E-state index >= 15 is 0 Å². The van der Waals surface area contributed by atoms with Crippen LogP contribution in [0.3, 0.4) is 0 Å². The largest absolute Gasteiger partial charge is 0.465 e. The summed E-state index contributed by atoms with van der Waals surface area (Å²) in [6.07, 6.45) is 5.17. The molecule has 27 heavy (non-hydrogen) atoms. The van der Waals surface area contributed by atoms with E-state index in [-0.39, 0.29) is 17.8 Å². The van der Waals surface area contributed by atoms with Crippen LogP contribution >= 0.6 is 11.3 Å². The Morgan fingerprint density at radius 1 is 1.15 bits per heavy atom. The van der Waals surface area contributed by atoms with Crippen molar-refractivity contribution in [2.45, 2.75) is 39.0 Å². The van der Waals surface area contributed by atoms with E-state index in [0.717, 1.165) is 49.2 Å². The number of quaternary nitrogens is 1. The molecule has 1 fully saturated rings. The number of piperazine rings is 1. The molecular weight excluding hydrogens is 366 g/mol. The number of esters is 1. The van der Waals surface area contributed by atoms with Crippen LogP contribution in [0, 0.1) is 0 Å². The van der Waals surface area contributed by atoms with Gasteiger partial charge >= 0.3 is 5.97 Å². The maximum Gasteiger partial charge on any atom is 0.341 e. The monoisotopic (exact) mass is 394 g/mol. The molecule has 0 unspecified atom stereocenters. The van der Waals surface area contributed by atoms with Gasteiger partial charge in [0, 0.05) is 11.8 Å². The highest BCUT2D eigenvalue weighted by atomic mass is 32.1. The zero-order valence-electron chi connectivity index (χ0n) is 16.1. The molecule has 2 heterocycles. The van der Waals surface area contributed by atoms with E-state index in [0.29, 0.717) is 30.2 Å². The van der Waals surface area contributed by atoms with Crippen molar-refractivity contribution in [3.05, 3.63) is 16.0 Å². The van der Waals surface area contributed by atoms with E-state index in [1.165, 1.54) is 29.7 Å². The molecule has 2 aliphatic rings. The second-order valence-electron chi connectivity index (χ2n) is 7.24. The van der Waals surface area contributed by atoms with Crippen LogP contribution in [0.1, 0.15) is 47.0 Å². The first kappa shape index (κ1) is 19.8. The van der Waals surface area contributed by atoms with E-state index in [1.54, 1.807) is 6.92 Å². The summed E-state index contributed by atoms with van der Waals surface area (Å²) in [5.41, 5.74) is 1.60. The van der Waals surface area contributed by atoms with Crippen molar-refractivity contribution in [3.8, 4) is 0 Å². The number of fused-ring (bicyclic) bond motifs is 1. The van der Waals surface area contributed by atoms with Crippen molar-refractivity contribution in [1.29, 1.82) is 0 Å². The molecule has 0 atom stereocenters. The minimum Gasteiger partial charge on any atom is -0.465 e. The Kier molecular flexibility index (Phi) is 6.49. The third-order valence-corrected chi connectivity index (χ3v) is 6.60. The molecule has 0 radical (unpaired) electrons. The summed E-state index contributed by atoms with van der Waals surface area (Å²) in [5, 5.41) is 3.59. The summed E-state index contributed by atoms with van der Waals surface area (Å²) < 4.78 is 4.98. The second-order valence-corrected chi connectivity index (χ2v) is 8.35. The van der Waals surface area contributed by atoms with Gasteiger partial charge in [-0.3, -0.25) is 9.59 Å². The molecular formula is C19H28N3O4S+. The average molecular weight is 395 g/mol. The molecule has 1 aromatic rings. The predicted molar refractivity (Wildman–Crippen MR) is 103 cm³/mol. The van der Waals surface area contributed by atoms with Crippen LogP contribution in [0.4, 0.5) is 5.00 Å². The fourth-order valence-electron chi connectivity index (χ4n) is 3.86. The van der Waals surface area contributed by atoms with Crippen molar-refractivity contribution in [3.63, 3.8) is 0 Å². The maximum absolute atomic E-state index is 12.6. The number of amides is 2. The molecule has 3 rings (SSSR count). The van der Waals surface area contributed by atoms with Crippen molar-refractivity contribution in [1.82, 2.24) is 4.90 Å². The summed E-state index contributed by atoms with van der Waals surface area (Å²) >= 11 is 1.52. The van der Waals surface area contributed by atoms with Crippen molar-refractivity contribution >= 4 is 34.1 Å². The standard InChI is InChI=1S/C19H27N3O4S/c1-13(23)22-10-8-21(9-11-22)12-16(24)20-18-17(19(25)26-2)14-6-4-3-5-7-15(14)27-18/h3-12H2,1-2H3,(H,20,24)/p+1. The van der Waals surface area contributed by atoms with E-state index < -0.39 is 0 Å². The lowest BCUT2D eigenvalue weighted by molar-refractivity contribution is -0.895. The molecule has 7 nitrogen and oxygen atoms in total. The number of nitrogens with zero attached hydrogens (tertiary/aromatic N) is 1. The van der Waals surface area contributed by atoms with Crippen LogP contribution in [-0.4, -0.2) is 62.5 Å². The summed E-state index contributed by atoms with van der Waals surface area (Å²) in [6, 6.07) is 0. The van der Waals surface area contributed by atoms with Crippen molar-refractivity contribution in [2.75, 3.05) is 45.2 Å². The molecule has 1 aromatic heterocycles. The average Bonchev–Trinajstić information content (AvgIpc) is 2.82. The van der Waals surface area contributed by atoms with E-state index in [1.807, 2.05) is 4.90 Å². The van der Waals surface area contributed by atoms with Crippen LogP contribution in [-0.2, 0) is 27.2 Å². The first-order valence-electron chi connectivity index (χ1n) is 9.61. The van der Waals surface area contributed by atoms with Gasteiger partial charge in [-0.2, -0.15) is 0 Å². The fourth-order valence-corrected chi connectivity index (χ4v) is 5.15. The number of rotatable bonds is 4. The number of aryl methyl sites for hydroxylation is 1. The van der Waals surface area contributed by atoms with Gasteiger partial charge in [0.05, 0.1) is 38.9 Å². The molecule has 1 saturated heterocycles. The zero-order valence-corrected chi connectivity index (χ0v) is 16.9. The van der Waals surface area contributed by atoms with Crippen LogP contribution in [0.15, 0.2) is 0 Å². The first-order valence-corrected chi connectivity index (χ1v) is 10.4. The third-order valence-electron chi connectivity index (χ3n) is 5.39. The van der Waals surface area contributed by atoms with Crippen LogP contribution in [0.25, 0.3) is 0 Å². The van der Waals surface area contributed by atoms with Gasteiger partial charge in [-0.25, -0.2) is 4.79 Å². The van der Waals surface area contributed by atoms with Crippen LogP contribution in [0.2, 0.25) is 0 Å². The van der Waals surface area contributed by atoms with Gasteiger partial charge in [-0.05, 0) is 31.2 Å². The van der Waals surface area contributed by atoms with Gasteiger partial charge in [0.15, 0.2) is 6.54 Å². The van der Waals surface area contributed by atoms with E-state index in [4.69, 9.17) is 4.74 Å². The first-order chi connectivity index (χ1) is 13.0. The van der Waals surface area contributed by atoms with Gasteiger partial charge in [0.25, 0.3) is 5.91 Å². The minimum absolute atomic E-state index is 0.0845. The molecule has 8 heteroatoms. The number of methoxy groups -OCH3 is 1. The van der Waals surface area contributed by atoms with E-state index in [2.05, 4.69) is 5.32 Å². The highest BCUT2D eigenvalue weighted by Gasteiger charge is 2.28. The van der Waals surface area contributed by atoms with Gasteiger partial charge < -0.3 is 19.9 Å². The molecule has 0 aromatic carbocycles. The molecule has 148 valence electrons. The summed E-state index contributed by atoms with van der Waals surface area (Å²) in [5.74, 6) is -0.378. The molecule has 0 bridgehead atoms. The molecule has 2 amide bonds. The Labute approximate surface area is 163 Å². The lowest BCUT2D eigenvalue weighted by Crippen LogP contribution is -3.15. The topological polar surface area (TPSA) is 80.2 Å². The summed E-state index contributed by atoms with van der Waals surface area (Å²) in [6.45, 7) is 4.80. The minimum atomic E-state index is -0.368. The lowest BCUT2D eigenvalue weighted by Gasteiger charge is -2.31. The number of carbonyl (C=O) groups excluding carboxylic acids is 3. The summed E-state index contributed by atoms with van der Waals surface area (Å²) in [7, 11) is 1.38. The highest BCUT2D eigenvalue weighted by Crippen LogP contribution is 2.37. The van der Waals surface area contributed by atoms with Crippen molar-refractivity contribution in [2.24, 2.45) is 0 Å². The number of hydrogen-bond acceptors (Lipinski definition) is 5. The van der Waals surface area contributed by atoms with Gasteiger partial charge in [0.1, 0.15) is 5.00 Å². The Morgan fingerprint density at radius 3 is 2.52 bits per heavy atom. The van der Waals surface area contributed by atoms with Crippen LogP contribution < -0.4 is 10.2 Å². The Morgan fingerprint density at radius 2 is 1.85 bits per heavy atom. The third kappa shape index (κ3) is 4.68.